The minimum absolute atomic E-state index is 0.0657. The van der Waals surface area contributed by atoms with Gasteiger partial charge in [0.2, 0.25) is 0 Å². The van der Waals surface area contributed by atoms with Crippen molar-refractivity contribution in [3.8, 4) is 0 Å². The Morgan fingerprint density at radius 3 is 2.44 bits per heavy atom. The highest BCUT2D eigenvalue weighted by atomic mass is 32.2. The van der Waals surface area contributed by atoms with Gasteiger partial charge in [0.05, 0.1) is 12.8 Å². The van der Waals surface area contributed by atoms with Gasteiger partial charge >= 0.3 is 0 Å². The molecule has 0 N–H and O–H groups in total. The van der Waals surface area contributed by atoms with E-state index in [2.05, 4.69) is 0 Å². The van der Waals surface area contributed by atoms with E-state index in [-0.39, 0.29) is 12.6 Å². The summed E-state index contributed by atoms with van der Waals surface area (Å²) >= 11 is 0. The average molecular weight is 246 g/mol. The number of furan rings is 1. The molecular formula is C10H18N2O3S. The van der Waals surface area contributed by atoms with E-state index >= 15 is 0 Å². The first kappa shape index (κ1) is 13.2. The fourth-order valence-corrected chi connectivity index (χ4v) is 2.45. The highest BCUT2D eigenvalue weighted by Gasteiger charge is 2.26. The van der Waals surface area contributed by atoms with Crippen LogP contribution in [0.5, 0.6) is 0 Å². The largest absolute Gasteiger partial charge is 0.468 e. The van der Waals surface area contributed by atoms with Crippen LogP contribution in [0.1, 0.15) is 19.6 Å². The Balaban J connectivity index is 2.77. The van der Waals surface area contributed by atoms with E-state index in [0.29, 0.717) is 5.76 Å². The van der Waals surface area contributed by atoms with Crippen LogP contribution < -0.4 is 0 Å². The van der Waals surface area contributed by atoms with Gasteiger partial charge in [0.25, 0.3) is 10.2 Å². The van der Waals surface area contributed by atoms with Crippen molar-refractivity contribution in [2.45, 2.75) is 26.4 Å². The molecule has 0 bridgehead atoms. The molecule has 0 spiro atoms. The summed E-state index contributed by atoms with van der Waals surface area (Å²) in [7, 11) is -0.301. The molecule has 0 atom stereocenters. The Bertz CT molecular complexity index is 411. The summed E-state index contributed by atoms with van der Waals surface area (Å²) in [6, 6.07) is 3.42. The fourth-order valence-electron chi connectivity index (χ4n) is 1.19. The third-order valence-corrected chi connectivity index (χ3v) is 4.51. The molecule has 0 unspecified atom stereocenters. The van der Waals surface area contributed by atoms with E-state index in [9.17, 15) is 8.42 Å². The Labute approximate surface area is 96.8 Å². The Morgan fingerprint density at radius 1 is 1.38 bits per heavy atom. The van der Waals surface area contributed by atoms with E-state index in [1.54, 1.807) is 19.2 Å². The van der Waals surface area contributed by atoms with Crippen molar-refractivity contribution in [1.29, 1.82) is 0 Å². The maximum atomic E-state index is 12.0. The minimum atomic E-state index is -3.41. The van der Waals surface area contributed by atoms with Gasteiger partial charge in [0.1, 0.15) is 5.76 Å². The summed E-state index contributed by atoms with van der Waals surface area (Å²) in [4.78, 5) is 0. The molecule has 0 aliphatic heterocycles. The van der Waals surface area contributed by atoms with Crippen LogP contribution in [0.2, 0.25) is 0 Å². The van der Waals surface area contributed by atoms with Crippen LogP contribution in [0.15, 0.2) is 22.8 Å². The van der Waals surface area contributed by atoms with Crippen molar-refractivity contribution in [1.82, 2.24) is 8.61 Å². The van der Waals surface area contributed by atoms with E-state index in [1.165, 1.54) is 21.9 Å². The second kappa shape index (κ2) is 4.99. The second-order valence-electron chi connectivity index (χ2n) is 3.95. The van der Waals surface area contributed by atoms with Gasteiger partial charge in [-0.2, -0.15) is 17.0 Å². The van der Waals surface area contributed by atoms with Gasteiger partial charge in [-0.1, -0.05) is 0 Å². The zero-order chi connectivity index (χ0) is 12.3. The first-order valence-electron chi connectivity index (χ1n) is 5.07. The first-order valence-corrected chi connectivity index (χ1v) is 6.47. The van der Waals surface area contributed by atoms with Gasteiger partial charge in [0.15, 0.2) is 0 Å². The molecule has 16 heavy (non-hydrogen) atoms. The van der Waals surface area contributed by atoms with E-state index in [0.717, 1.165) is 0 Å². The standard InChI is InChI=1S/C10H18N2O3S/c1-9(2)12(4)16(13,14)11(3)8-10-6-5-7-15-10/h5-7,9H,8H2,1-4H3. The van der Waals surface area contributed by atoms with Crippen molar-refractivity contribution in [3.05, 3.63) is 24.2 Å². The molecule has 0 saturated heterocycles. The molecule has 1 aromatic heterocycles. The molecule has 0 aromatic carbocycles. The lowest BCUT2D eigenvalue weighted by Gasteiger charge is -2.26. The van der Waals surface area contributed by atoms with Crippen molar-refractivity contribution < 1.29 is 12.8 Å². The van der Waals surface area contributed by atoms with Gasteiger partial charge in [-0.25, -0.2) is 0 Å². The van der Waals surface area contributed by atoms with Gasteiger partial charge in [-0.3, -0.25) is 0 Å². The molecule has 0 amide bonds. The number of hydrogen-bond acceptors (Lipinski definition) is 3. The SMILES string of the molecule is CC(C)N(C)S(=O)(=O)N(C)Cc1ccco1. The van der Waals surface area contributed by atoms with Crippen LogP contribution in [-0.4, -0.2) is 37.2 Å². The summed E-state index contributed by atoms with van der Waals surface area (Å²) < 4.78 is 31.7. The monoisotopic (exact) mass is 246 g/mol. The molecule has 1 aromatic rings. The lowest BCUT2D eigenvalue weighted by molar-refractivity contribution is 0.340. The van der Waals surface area contributed by atoms with Crippen LogP contribution in [0.4, 0.5) is 0 Å². The molecule has 0 aliphatic carbocycles. The number of nitrogens with zero attached hydrogens (tertiary/aromatic N) is 2. The topological polar surface area (TPSA) is 53.8 Å². The van der Waals surface area contributed by atoms with Crippen molar-refractivity contribution in [2.24, 2.45) is 0 Å². The van der Waals surface area contributed by atoms with E-state index < -0.39 is 10.2 Å². The normalized spacial score (nSPS) is 12.9. The van der Waals surface area contributed by atoms with E-state index in [1.807, 2.05) is 13.8 Å². The first-order chi connectivity index (χ1) is 7.35. The maximum Gasteiger partial charge on any atom is 0.282 e. The highest BCUT2D eigenvalue weighted by Crippen LogP contribution is 2.12. The smallest absolute Gasteiger partial charge is 0.282 e. The summed E-state index contributed by atoms with van der Waals surface area (Å²) in [5.41, 5.74) is 0. The van der Waals surface area contributed by atoms with Gasteiger partial charge in [0, 0.05) is 20.1 Å². The van der Waals surface area contributed by atoms with Crippen LogP contribution in [0, 0.1) is 0 Å². The molecule has 0 saturated carbocycles. The maximum absolute atomic E-state index is 12.0. The molecule has 5 nitrogen and oxygen atoms in total. The number of hydrogen-bond donors (Lipinski definition) is 0. The van der Waals surface area contributed by atoms with Crippen molar-refractivity contribution in [3.63, 3.8) is 0 Å². The predicted molar refractivity (Wildman–Crippen MR) is 62.0 cm³/mol. The summed E-state index contributed by atoms with van der Waals surface area (Å²) in [6.07, 6.45) is 1.53. The molecule has 6 heteroatoms. The third-order valence-electron chi connectivity index (χ3n) is 2.44. The zero-order valence-corrected chi connectivity index (χ0v) is 10.9. The Hall–Kier alpha value is -0.850. The van der Waals surface area contributed by atoms with Crippen molar-refractivity contribution >= 4 is 10.2 Å². The molecule has 0 radical (unpaired) electrons. The van der Waals surface area contributed by atoms with Crippen LogP contribution in [0.25, 0.3) is 0 Å². The summed E-state index contributed by atoms with van der Waals surface area (Å²) in [5, 5.41) is 0. The van der Waals surface area contributed by atoms with Gasteiger partial charge in [-0.05, 0) is 26.0 Å². The van der Waals surface area contributed by atoms with Crippen LogP contribution >= 0.6 is 0 Å². The Morgan fingerprint density at radius 2 is 2.00 bits per heavy atom. The molecule has 0 aliphatic rings. The van der Waals surface area contributed by atoms with Crippen molar-refractivity contribution in [2.75, 3.05) is 14.1 Å². The summed E-state index contributed by atoms with van der Waals surface area (Å²) in [6.45, 7) is 3.91. The minimum Gasteiger partial charge on any atom is -0.468 e. The second-order valence-corrected chi connectivity index (χ2v) is 6.05. The molecule has 0 fully saturated rings. The van der Waals surface area contributed by atoms with Gasteiger partial charge in [-0.15, -0.1) is 0 Å². The zero-order valence-electron chi connectivity index (χ0n) is 10.0. The lowest BCUT2D eigenvalue weighted by Crippen LogP contribution is -2.42. The fraction of sp³-hybridized carbons (Fsp3) is 0.600. The van der Waals surface area contributed by atoms with E-state index in [4.69, 9.17) is 4.42 Å². The number of rotatable bonds is 5. The van der Waals surface area contributed by atoms with Crippen LogP contribution in [-0.2, 0) is 16.8 Å². The molecular weight excluding hydrogens is 228 g/mol. The quantitative estimate of drug-likeness (QED) is 0.787. The summed E-state index contributed by atoms with van der Waals surface area (Å²) in [5.74, 6) is 0.628. The highest BCUT2D eigenvalue weighted by molar-refractivity contribution is 7.86. The predicted octanol–water partition coefficient (Wildman–Crippen LogP) is 1.30. The van der Waals surface area contributed by atoms with Gasteiger partial charge < -0.3 is 4.42 Å². The molecule has 1 heterocycles. The lowest BCUT2D eigenvalue weighted by atomic mass is 10.4. The molecule has 92 valence electrons. The average Bonchev–Trinajstić information content (AvgIpc) is 2.68. The van der Waals surface area contributed by atoms with Crippen LogP contribution in [0.3, 0.4) is 0 Å². The Kier molecular flexibility index (Phi) is 4.12. The molecule has 1 rings (SSSR count). The third kappa shape index (κ3) is 2.84.